The summed E-state index contributed by atoms with van der Waals surface area (Å²) in [5.74, 6) is 0.191. The van der Waals surface area contributed by atoms with Crippen LogP contribution in [0.5, 0.6) is 0 Å². The summed E-state index contributed by atoms with van der Waals surface area (Å²) in [6.07, 6.45) is 9.69. The molecule has 0 radical (unpaired) electrons. The first-order chi connectivity index (χ1) is 24.5. The number of nitrogens with one attached hydrogen (secondary N) is 3. The summed E-state index contributed by atoms with van der Waals surface area (Å²) in [5.41, 5.74) is 4.62. The number of ether oxygens (including phenoxy) is 2. The van der Waals surface area contributed by atoms with Crippen molar-refractivity contribution < 1.29 is 34.2 Å². The second-order valence-corrected chi connectivity index (χ2v) is 15.6. The summed E-state index contributed by atoms with van der Waals surface area (Å²) in [4.78, 5) is 40.2. The number of aliphatic hydroxyl groups is 1. The Morgan fingerprint density at radius 1 is 0.863 bits per heavy atom. The van der Waals surface area contributed by atoms with Gasteiger partial charge in [-0.15, -0.1) is 0 Å². The molecule has 0 aromatic heterocycles. The molecule has 0 bridgehead atoms. The number of likely N-dealkylation sites (tertiary alicyclic amines) is 1. The Bertz CT molecular complexity index is 1450. The Morgan fingerprint density at radius 2 is 1.59 bits per heavy atom. The van der Waals surface area contributed by atoms with E-state index in [0.29, 0.717) is 49.9 Å². The predicted octanol–water partition coefficient (Wildman–Crippen LogP) is 6.45. The van der Waals surface area contributed by atoms with Crippen molar-refractivity contribution in [3.05, 3.63) is 65.2 Å². The lowest BCUT2D eigenvalue weighted by molar-refractivity contribution is -0.255. The van der Waals surface area contributed by atoms with Gasteiger partial charge in [0.05, 0.1) is 24.9 Å². The van der Waals surface area contributed by atoms with E-state index in [2.05, 4.69) is 15.5 Å². The van der Waals surface area contributed by atoms with Gasteiger partial charge in [-0.3, -0.25) is 24.5 Å². The Kier molecular flexibility index (Phi) is 14.0. The van der Waals surface area contributed by atoms with E-state index in [1.54, 1.807) is 5.48 Å². The largest absolute Gasteiger partial charge is 0.392 e. The van der Waals surface area contributed by atoms with Crippen LogP contribution in [0.3, 0.4) is 0 Å². The van der Waals surface area contributed by atoms with Crippen LogP contribution in [0.15, 0.2) is 48.5 Å². The molecule has 3 fully saturated rings. The number of rotatable bonds is 14. The molecule has 51 heavy (non-hydrogen) atoms. The van der Waals surface area contributed by atoms with E-state index >= 15 is 0 Å². The van der Waals surface area contributed by atoms with Crippen molar-refractivity contribution in [3.8, 4) is 0 Å². The molecule has 1 aliphatic carbocycles. The van der Waals surface area contributed by atoms with Gasteiger partial charge in [-0.2, -0.15) is 0 Å². The number of amides is 3. The van der Waals surface area contributed by atoms with Crippen molar-refractivity contribution in [3.63, 3.8) is 0 Å². The molecule has 3 aliphatic rings. The first-order valence-electron chi connectivity index (χ1n) is 18.9. The van der Waals surface area contributed by atoms with Crippen LogP contribution in [0.2, 0.25) is 0 Å². The zero-order valence-corrected chi connectivity index (χ0v) is 30.6. The summed E-state index contributed by atoms with van der Waals surface area (Å²) in [6.45, 7) is 6.68. The van der Waals surface area contributed by atoms with Crippen molar-refractivity contribution in [1.29, 1.82) is 0 Å². The highest BCUT2D eigenvalue weighted by atomic mass is 16.7. The van der Waals surface area contributed by atoms with Crippen LogP contribution in [0, 0.1) is 5.92 Å². The van der Waals surface area contributed by atoms with Crippen molar-refractivity contribution in [2.24, 2.45) is 5.92 Å². The van der Waals surface area contributed by atoms with E-state index < -0.39 is 12.2 Å². The quantitative estimate of drug-likeness (QED) is 0.0856. The van der Waals surface area contributed by atoms with Gasteiger partial charge in [0.2, 0.25) is 17.7 Å². The van der Waals surface area contributed by atoms with Crippen LogP contribution in [-0.2, 0) is 30.5 Å². The first kappa shape index (κ1) is 38.9. The lowest BCUT2D eigenvalue weighted by Gasteiger charge is -2.50. The second-order valence-electron chi connectivity index (χ2n) is 15.6. The molecular formula is C40H58N4O7. The maximum absolute atomic E-state index is 13.8. The smallest absolute Gasteiger partial charge is 0.243 e. The van der Waals surface area contributed by atoms with Crippen molar-refractivity contribution in [2.45, 2.75) is 147 Å². The minimum Gasteiger partial charge on any atom is -0.392 e. The van der Waals surface area contributed by atoms with Crippen LogP contribution >= 0.6 is 0 Å². The fraction of sp³-hybridized carbons (Fsp3) is 0.625. The Balaban J connectivity index is 1.31. The molecule has 2 heterocycles. The summed E-state index contributed by atoms with van der Waals surface area (Å²) < 4.78 is 13.4. The molecule has 2 aliphatic heterocycles. The molecule has 11 nitrogen and oxygen atoms in total. The molecular weight excluding hydrogens is 648 g/mol. The average Bonchev–Trinajstić information content (AvgIpc) is 3.12. The topological polar surface area (TPSA) is 149 Å². The van der Waals surface area contributed by atoms with Crippen LogP contribution in [0.4, 0.5) is 5.69 Å². The number of hydrogen-bond acceptors (Lipinski definition) is 8. The van der Waals surface area contributed by atoms with Crippen molar-refractivity contribution >= 4 is 23.4 Å². The fourth-order valence-electron chi connectivity index (χ4n) is 7.96. The van der Waals surface area contributed by atoms with Gasteiger partial charge in [-0.05, 0) is 88.5 Å². The SMILES string of the molecule is CC(C)(C)NC(=O)[C@H]1CC[C@H]2CCCC[C@H]2N1C[C@@H]1C[C@H](c2ccc(CO)cc2)O[C@H](c2cccc(NC(=O)CCCCCCC(=O)NO)c2)O1. The van der Waals surface area contributed by atoms with Gasteiger partial charge < -0.3 is 25.2 Å². The first-order valence-corrected chi connectivity index (χ1v) is 18.9. The standard InChI is InChI=1S/C40H58N4O7/c1-40(2,3)42-38(48)34-22-21-28-11-8-9-14-33(28)44(34)25-32-24-35(29-19-17-27(26-45)18-20-29)51-39(50-32)30-12-10-13-31(23-30)41-36(46)15-6-4-5-7-16-37(47)43-49/h10,12-13,17-20,23,28,32-35,39,45,49H,4-9,11,14-16,21-22,24-26H2,1-3H3,(H,41,46)(H,42,48)(H,43,47)/t28-,32+,33-,34-,35-,39-/m1/s1. The number of hydroxylamine groups is 1. The third-order valence-corrected chi connectivity index (χ3v) is 10.5. The molecule has 0 unspecified atom stereocenters. The van der Waals surface area contributed by atoms with Crippen molar-refractivity contribution in [1.82, 2.24) is 15.7 Å². The molecule has 11 heteroatoms. The van der Waals surface area contributed by atoms with Crippen LogP contribution in [-0.4, -0.2) is 63.2 Å². The predicted molar refractivity (Wildman–Crippen MR) is 194 cm³/mol. The van der Waals surface area contributed by atoms with Gasteiger partial charge in [-0.25, -0.2) is 5.48 Å². The summed E-state index contributed by atoms with van der Waals surface area (Å²) in [5, 5.41) is 24.5. The van der Waals surface area contributed by atoms with Crippen LogP contribution in [0.25, 0.3) is 0 Å². The highest BCUT2D eigenvalue weighted by molar-refractivity contribution is 5.90. The number of unbranched alkanes of at least 4 members (excludes halogenated alkanes) is 3. The molecule has 280 valence electrons. The molecule has 0 spiro atoms. The molecule has 6 atom stereocenters. The van der Waals surface area contributed by atoms with E-state index in [-0.39, 0.29) is 48.6 Å². The normalized spacial score (nSPS) is 25.4. The lowest BCUT2D eigenvalue weighted by Crippen LogP contribution is -2.61. The van der Waals surface area contributed by atoms with Crippen LogP contribution < -0.4 is 16.1 Å². The van der Waals surface area contributed by atoms with Gasteiger partial charge >= 0.3 is 0 Å². The van der Waals surface area contributed by atoms with E-state index in [1.165, 1.54) is 19.3 Å². The minimum absolute atomic E-state index is 0.0302. The molecule has 2 aromatic carbocycles. The third kappa shape index (κ3) is 11.3. The molecule has 2 aromatic rings. The molecule has 5 N–H and O–H groups in total. The zero-order chi connectivity index (χ0) is 36.4. The van der Waals surface area contributed by atoms with Gasteiger partial charge in [-0.1, -0.05) is 62.1 Å². The Hall–Kier alpha value is -3.35. The van der Waals surface area contributed by atoms with Gasteiger partial charge in [0.15, 0.2) is 6.29 Å². The number of hydrogen-bond donors (Lipinski definition) is 5. The Labute approximate surface area is 302 Å². The van der Waals surface area contributed by atoms with E-state index in [1.807, 2.05) is 69.3 Å². The maximum Gasteiger partial charge on any atom is 0.243 e. The lowest BCUT2D eigenvalue weighted by atomic mass is 9.75. The van der Waals surface area contributed by atoms with Gasteiger partial charge in [0.1, 0.15) is 0 Å². The summed E-state index contributed by atoms with van der Waals surface area (Å²) in [7, 11) is 0. The van der Waals surface area contributed by atoms with Gasteiger partial charge in [0.25, 0.3) is 0 Å². The second kappa shape index (κ2) is 18.4. The van der Waals surface area contributed by atoms with Crippen LogP contribution in [0.1, 0.15) is 133 Å². The average molecular weight is 707 g/mol. The Morgan fingerprint density at radius 3 is 2.29 bits per heavy atom. The number of piperidine rings is 1. The van der Waals surface area contributed by atoms with E-state index in [4.69, 9.17) is 14.7 Å². The molecule has 1 saturated carbocycles. The molecule has 3 amide bonds. The number of aliphatic hydroxyl groups excluding tert-OH is 1. The molecule has 5 rings (SSSR count). The zero-order valence-electron chi connectivity index (χ0n) is 30.6. The third-order valence-electron chi connectivity index (χ3n) is 10.5. The number of fused-ring (bicyclic) bond motifs is 1. The number of anilines is 1. The number of nitrogens with zero attached hydrogens (tertiary/aromatic N) is 1. The summed E-state index contributed by atoms with van der Waals surface area (Å²) >= 11 is 0. The highest BCUT2D eigenvalue weighted by Gasteiger charge is 2.44. The minimum atomic E-state index is -0.687. The van der Waals surface area contributed by atoms with Gasteiger partial charge in [0, 0.05) is 48.6 Å². The number of carbonyl (C=O) groups excluding carboxylic acids is 3. The monoisotopic (exact) mass is 706 g/mol. The van der Waals surface area contributed by atoms with E-state index in [0.717, 1.165) is 48.8 Å². The maximum atomic E-state index is 13.8. The number of benzene rings is 2. The molecule has 2 saturated heterocycles. The van der Waals surface area contributed by atoms with E-state index in [9.17, 15) is 19.5 Å². The highest BCUT2D eigenvalue weighted by Crippen LogP contribution is 2.42. The summed E-state index contributed by atoms with van der Waals surface area (Å²) in [6, 6.07) is 15.6. The fourth-order valence-corrected chi connectivity index (χ4v) is 7.96. The van der Waals surface area contributed by atoms with Crippen molar-refractivity contribution in [2.75, 3.05) is 11.9 Å². The number of carbonyl (C=O) groups is 3.